The average Bonchev–Trinajstić information content (AvgIpc) is 2.32. The van der Waals surface area contributed by atoms with Crippen molar-refractivity contribution in [2.45, 2.75) is 33.2 Å². The summed E-state index contributed by atoms with van der Waals surface area (Å²) in [6, 6.07) is 1.73. The Balaban J connectivity index is 2.85. The van der Waals surface area contributed by atoms with Crippen LogP contribution in [0.5, 0.6) is 0 Å². The van der Waals surface area contributed by atoms with Crippen LogP contribution in [0.4, 0.5) is 8.78 Å². The van der Waals surface area contributed by atoms with Gasteiger partial charge in [-0.25, -0.2) is 8.78 Å². The smallest absolute Gasteiger partial charge is 0.254 e. The number of halogens is 2. The van der Waals surface area contributed by atoms with Crippen molar-refractivity contribution in [1.29, 1.82) is 0 Å². The van der Waals surface area contributed by atoms with Crippen LogP contribution >= 0.6 is 0 Å². The predicted octanol–water partition coefficient (Wildman–Crippen LogP) is 2.38. The highest BCUT2D eigenvalue weighted by molar-refractivity contribution is 5.94. The van der Waals surface area contributed by atoms with Crippen molar-refractivity contribution in [1.82, 2.24) is 5.32 Å². The van der Waals surface area contributed by atoms with Gasteiger partial charge in [-0.05, 0) is 30.9 Å². The van der Waals surface area contributed by atoms with Gasteiger partial charge in [0, 0.05) is 18.7 Å². The van der Waals surface area contributed by atoms with E-state index in [-0.39, 0.29) is 23.7 Å². The van der Waals surface area contributed by atoms with Crippen molar-refractivity contribution in [3.63, 3.8) is 0 Å². The fourth-order valence-electron chi connectivity index (χ4n) is 1.88. The van der Waals surface area contributed by atoms with Gasteiger partial charge in [0.2, 0.25) is 0 Å². The molecule has 106 valence electrons. The molecule has 0 aliphatic carbocycles. The van der Waals surface area contributed by atoms with Crippen molar-refractivity contribution in [3.8, 4) is 0 Å². The van der Waals surface area contributed by atoms with Gasteiger partial charge in [-0.2, -0.15) is 0 Å². The van der Waals surface area contributed by atoms with Crippen LogP contribution < -0.4 is 11.1 Å². The third-order valence-electron chi connectivity index (χ3n) is 2.87. The standard InChI is InChI=1S/C14H20F2N2O/c1-8(2)4-10(7-17)18-14(19)11-5-9(3)12(15)6-13(11)16/h5-6,8,10H,4,7,17H2,1-3H3,(H,18,19). The summed E-state index contributed by atoms with van der Waals surface area (Å²) >= 11 is 0. The Morgan fingerprint density at radius 1 is 1.32 bits per heavy atom. The van der Waals surface area contributed by atoms with Gasteiger partial charge in [0.25, 0.3) is 5.91 Å². The molecule has 0 aliphatic heterocycles. The van der Waals surface area contributed by atoms with Crippen LogP contribution in [0, 0.1) is 24.5 Å². The number of hydrogen-bond donors (Lipinski definition) is 2. The number of benzene rings is 1. The summed E-state index contributed by atoms with van der Waals surface area (Å²) in [4.78, 5) is 12.0. The first-order chi connectivity index (χ1) is 8.85. The van der Waals surface area contributed by atoms with Gasteiger partial charge in [0.05, 0.1) is 5.56 Å². The van der Waals surface area contributed by atoms with Gasteiger partial charge in [0.15, 0.2) is 0 Å². The Bertz CT molecular complexity index is 461. The van der Waals surface area contributed by atoms with E-state index in [2.05, 4.69) is 5.32 Å². The van der Waals surface area contributed by atoms with Crippen molar-refractivity contribution < 1.29 is 13.6 Å². The lowest BCUT2D eigenvalue weighted by molar-refractivity contribution is 0.0929. The number of carbonyl (C=O) groups is 1. The third kappa shape index (κ3) is 4.28. The highest BCUT2D eigenvalue weighted by Crippen LogP contribution is 2.14. The van der Waals surface area contributed by atoms with E-state index in [0.29, 0.717) is 12.3 Å². The van der Waals surface area contributed by atoms with E-state index < -0.39 is 17.5 Å². The molecule has 0 aliphatic rings. The number of nitrogens with two attached hydrogens (primary N) is 1. The molecule has 1 aromatic carbocycles. The zero-order valence-electron chi connectivity index (χ0n) is 11.5. The first-order valence-corrected chi connectivity index (χ1v) is 6.31. The summed E-state index contributed by atoms with van der Waals surface area (Å²) in [6.07, 6.45) is 0.712. The van der Waals surface area contributed by atoms with Gasteiger partial charge < -0.3 is 11.1 Å². The molecule has 0 radical (unpaired) electrons. The van der Waals surface area contributed by atoms with Crippen LogP contribution in [0.2, 0.25) is 0 Å². The van der Waals surface area contributed by atoms with Crippen LogP contribution in [0.25, 0.3) is 0 Å². The molecule has 0 heterocycles. The zero-order valence-corrected chi connectivity index (χ0v) is 11.5. The molecule has 0 saturated heterocycles. The lowest BCUT2D eigenvalue weighted by Gasteiger charge is -2.19. The monoisotopic (exact) mass is 270 g/mol. The molecular weight excluding hydrogens is 250 g/mol. The fourth-order valence-corrected chi connectivity index (χ4v) is 1.88. The number of rotatable bonds is 5. The fraction of sp³-hybridized carbons (Fsp3) is 0.500. The van der Waals surface area contributed by atoms with E-state index in [1.54, 1.807) is 0 Å². The lowest BCUT2D eigenvalue weighted by Crippen LogP contribution is -2.41. The largest absolute Gasteiger partial charge is 0.348 e. The zero-order chi connectivity index (χ0) is 14.6. The van der Waals surface area contributed by atoms with Crippen molar-refractivity contribution in [3.05, 3.63) is 34.9 Å². The molecule has 3 N–H and O–H groups in total. The Labute approximate surface area is 112 Å². The molecule has 0 bridgehead atoms. The van der Waals surface area contributed by atoms with Crippen LogP contribution in [0.3, 0.4) is 0 Å². The van der Waals surface area contributed by atoms with Gasteiger partial charge in [0.1, 0.15) is 11.6 Å². The normalized spacial score (nSPS) is 12.6. The number of amides is 1. The topological polar surface area (TPSA) is 55.1 Å². The quantitative estimate of drug-likeness (QED) is 0.863. The third-order valence-corrected chi connectivity index (χ3v) is 2.87. The minimum absolute atomic E-state index is 0.152. The van der Waals surface area contributed by atoms with Crippen LogP contribution in [0.15, 0.2) is 12.1 Å². The van der Waals surface area contributed by atoms with E-state index in [4.69, 9.17) is 5.73 Å². The molecule has 1 atom stereocenters. The highest BCUT2D eigenvalue weighted by atomic mass is 19.1. The second-order valence-electron chi connectivity index (χ2n) is 5.12. The van der Waals surface area contributed by atoms with Crippen molar-refractivity contribution in [2.24, 2.45) is 11.7 Å². The molecule has 1 unspecified atom stereocenters. The van der Waals surface area contributed by atoms with Crippen LogP contribution in [-0.2, 0) is 0 Å². The molecule has 3 nitrogen and oxygen atoms in total. The summed E-state index contributed by atoms with van der Waals surface area (Å²) in [5, 5.41) is 2.68. The van der Waals surface area contributed by atoms with E-state index in [1.807, 2.05) is 13.8 Å². The van der Waals surface area contributed by atoms with Crippen molar-refractivity contribution in [2.75, 3.05) is 6.54 Å². The molecule has 1 amide bonds. The molecule has 0 fully saturated rings. The molecule has 19 heavy (non-hydrogen) atoms. The Morgan fingerprint density at radius 2 is 1.95 bits per heavy atom. The molecule has 5 heteroatoms. The SMILES string of the molecule is Cc1cc(C(=O)NC(CN)CC(C)C)c(F)cc1F. The van der Waals surface area contributed by atoms with Crippen LogP contribution in [0.1, 0.15) is 36.2 Å². The van der Waals surface area contributed by atoms with Crippen molar-refractivity contribution >= 4 is 5.91 Å². The summed E-state index contributed by atoms with van der Waals surface area (Å²) in [6.45, 7) is 5.79. The molecule has 0 spiro atoms. The number of hydrogen-bond acceptors (Lipinski definition) is 2. The Morgan fingerprint density at radius 3 is 2.47 bits per heavy atom. The maximum atomic E-state index is 13.6. The minimum Gasteiger partial charge on any atom is -0.348 e. The molecule has 1 aromatic rings. The van der Waals surface area contributed by atoms with Gasteiger partial charge >= 0.3 is 0 Å². The van der Waals surface area contributed by atoms with Gasteiger partial charge in [-0.1, -0.05) is 13.8 Å². The second kappa shape index (κ2) is 6.61. The average molecular weight is 270 g/mol. The summed E-state index contributed by atoms with van der Waals surface area (Å²) in [5.41, 5.74) is 5.66. The van der Waals surface area contributed by atoms with Crippen LogP contribution in [-0.4, -0.2) is 18.5 Å². The molecule has 0 saturated carbocycles. The number of carbonyl (C=O) groups excluding carboxylic acids is 1. The first-order valence-electron chi connectivity index (χ1n) is 6.31. The molecule has 1 rings (SSSR count). The van der Waals surface area contributed by atoms with E-state index in [0.717, 1.165) is 6.07 Å². The highest BCUT2D eigenvalue weighted by Gasteiger charge is 2.18. The predicted molar refractivity (Wildman–Crippen MR) is 70.9 cm³/mol. The summed E-state index contributed by atoms with van der Waals surface area (Å²) in [5.74, 6) is -1.71. The maximum Gasteiger partial charge on any atom is 0.254 e. The summed E-state index contributed by atoms with van der Waals surface area (Å²) in [7, 11) is 0. The first kappa shape index (κ1) is 15.6. The van der Waals surface area contributed by atoms with Gasteiger partial charge in [-0.15, -0.1) is 0 Å². The minimum atomic E-state index is -0.860. The maximum absolute atomic E-state index is 13.6. The molecule has 0 aromatic heterocycles. The number of nitrogens with one attached hydrogen (secondary N) is 1. The summed E-state index contributed by atoms with van der Waals surface area (Å²) < 4.78 is 26.7. The van der Waals surface area contributed by atoms with E-state index >= 15 is 0 Å². The van der Waals surface area contributed by atoms with E-state index in [9.17, 15) is 13.6 Å². The molecular formula is C14H20F2N2O. The lowest BCUT2D eigenvalue weighted by atomic mass is 10.0. The van der Waals surface area contributed by atoms with Gasteiger partial charge in [-0.3, -0.25) is 4.79 Å². The second-order valence-corrected chi connectivity index (χ2v) is 5.12. The Kier molecular flexibility index (Phi) is 5.42. The Hall–Kier alpha value is -1.49. The van der Waals surface area contributed by atoms with E-state index in [1.165, 1.54) is 13.0 Å². The number of aryl methyl sites for hydroxylation is 1.